The van der Waals surface area contributed by atoms with Crippen molar-refractivity contribution >= 4 is 28.6 Å². The molecule has 0 amide bonds. The first kappa shape index (κ1) is 10.2. The van der Waals surface area contributed by atoms with Crippen molar-refractivity contribution in [1.82, 2.24) is 5.32 Å². The third-order valence-electron chi connectivity index (χ3n) is 2.30. The summed E-state index contributed by atoms with van der Waals surface area (Å²) in [6, 6.07) is 8.33. The minimum atomic E-state index is 0.202. The van der Waals surface area contributed by atoms with Crippen LogP contribution in [0.3, 0.4) is 0 Å². The number of benzene rings is 1. The summed E-state index contributed by atoms with van der Waals surface area (Å²) in [5, 5.41) is 3.32. The molecule has 76 valence electrons. The van der Waals surface area contributed by atoms with Crippen LogP contribution in [0.5, 0.6) is 0 Å². The molecule has 1 aromatic carbocycles. The summed E-state index contributed by atoms with van der Waals surface area (Å²) >= 11 is 2.13. The fourth-order valence-electron chi connectivity index (χ4n) is 1.58. The van der Waals surface area contributed by atoms with Crippen LogP contribution in [-0.2, 0) is 4.74 Å². The van der Waals surface area contributed by atoms with E-state index in [0.717, 1.165) is 25.4 Å². The van der Waals surface area contributed by atoms with E-state index in [9.17, 15) is 0 Å². The molecule has 0 aliphatic carbocycles. The number of hydrogen-bond acceptors (Lipinski definition) is 3. The van der Waals surface area contributed by atoms with E-state index in [2.05, 4.69) is 43.8 Å². The Morgan fingerprint density at radius 3 is 3.14 bits per heavy atom. The molecule has 2 rings (SSSR count). The lowest BCUT2D eigenvalue weighted by molar-refractivity contribution is 0.0277. The lowest BCUT2D eigenvalue weighted by Crippen LogP contribution is -2.33. The monoisotopic (exact) mass is 304 g/mol. The Balaban J connectivity index is 2.13. The molecule has 0 radical (unpaired) electrons. The van der Waals surface area contributed by atoms with Gasteiger partial charge in [-0.1, -0.05) is 12.1 Å². The SMILES string of the molecule is INc1cccc(C2CNCCO2)c1. The van der Waals surface area contributed by atoms with Crippen LogP contribution < -0.4 is 8.85 Å². The zero-order valence-electron chi connectivity index (χ0n) is 7.79. The van der Waals surface area contributed by atoms with Gasteiger partial charge in [0.2, 0.25) is 0 Å². The molecule has 0 bridgehead atoms. The standard InChI is InChI=1S/C10H13IN2O/c11-13-9-3-1-2-8(6-9)10-7-12-4-5-14-10/h1-3,6,10,12-13H,4-5,7H2. The molecule has 1 unspecified atom stereocenters. The van der Waals surface area contributed by atoms with Crippen molar-refractivity contribution in [2.24, 2.45) is 0 Å². The zero-order valence-corrected chi connectivity index (χ0v) is 9.95. The van der Waals surface area contributed by atoms with Gasteiger partial charge in [0.25, 0.3) is 0 Å². The maximum Gasteiger partial charge on any atom is 0.0950 e. The molecule has 2 N–H and O–H groups in total. The Morgan fingerprint density at radius 1 is 1.50 bits per heavy atom. The number of nitrogens with one attached hydrogen (secondary N) is 2. The van der Waals surface area contributed by atoms with Crippen molar-refractivity contribution in [3.8, 4) is 0 Å². The number of hydrogen-bond donors (Lipinski definition) is 2. The third kappa shape index (κ3) is 2.37. The van der Waals surface area contributed by atoms with E-state index in [1.807, 2.05) is 12.1 Å². The molecule has 1 saturated heterocycles. The lowest BCUT2D eigenvalue weighted by Gasteiger charge is -2.24. The van der Waals surface area contributed by atoms with Gasteiger partial charge in [0.1, 0.15) is 0 Å². The van der Waals surface area contributed by atoms with Gasteiger partial charge in [-0.2, -0.15) is 0 Å². The molecule has 14 heavy (non-hydrogen) atoms. The number of halogens is 1. The normalized spacial score (nSPS) is 21.9. The summed E-state index contributed by atoms with van der Waals surface area (Å²) in [4.78, 5) is 0. The van der Waals surface area contributed by atoms with E-state index in [0.29, 0.717) is 0 Å². The number of morpholine rings is 1. The second kappa shape index (κ2) is 4.95. The van der Waals surface area contributed by atoms with Crippen molar-refractivity contribution in [2.45, 2.75) is 6.10 Å². The summed E-state index contributed by atoms with van der Waals surface area (Å²) in [6.45, 7) is 2.66. The van der Waals surface area contributed by atoms with E-state index >= 15 is 0 Å². The van der Waals surface area contributed by atoms with Crippen LogP contribution in [0.15, 0.2) is 24.3 Å². The highest BCUT2D eigenvalue weighted by molar-refractivity contribution is 14.1. The van der Waals surface area contributed by atoms with Crippen molar-refractivity contribution in [3.05, 3.63) is 29.8 Å². The van der Waals surface area contributed by atoms with Gasteiger partial charge in [0, 0.05) is 18.8 Å². The van der Waals surface area contributed by atoms with Gasteiger partial charge in [-0.3, -0.25) is 0 Å². The van der Waals surface area contributed by atoms with Gasteiger partial charge in [0.05, 0.1) is 35.6 Å². The lowest BCUT2D eigenvalue weighted by atomic mass is 10.1. The molecule has 1 aliphatic rings. The number of ether oxygens (including phenoxy) is 1. The summed E-state index contributed by atoms with van der Waals surface area (Å²) in [5.74, 6) is 0. The average Bonchev–Trinajstić information content (AvgIpc) is 2.30. The van der Waals surface area contributed by atoms with E-state index < -0.39 is 0 Å². The van der Waals surface area contributed by atoms with Gasteiger partial charge < -0.3 is 13.6 Å². The molecule has 1 aliphatic heterocycles. The maximum atomic E-state index is 5.67. The number of anilines is 1. The molecular formula is C10H13IN2O. The van der Waals surface area contributed by atoms with Crippen LogP contribution in [0.4, 0.5) is 5.69 Å². The predicted molar refractivity (Wildman–Crippen MR) is 65.6 cm³/mol. The highest BCUT2D eigenvalue weighted by atomic mass is 127. The molecule has 1 fully saturated rings. The Morgan fingerprint density at radius 2 is 2.43 bits per heavy atom. The smallest absolute Gasteiger partial charge is 0.0950 e. The van der Waals surface area contributed by atoms with Crippen molar-refractivity contribution in [1.29, 1.82) is 0 Å². The zero-order chi connectivity index (χ0) is 9.80. The highest BCUT2D eigenvalue weighted by Gasteiger charge is 2.15. The summed E-state index contributed by atoms with van der Waals surface area (Å²) in [6.07, 6.45) is 0.202. The second-order valence-corrected chi connectivity index (χ2v) is 3.82. The minimum absolute atomic E-state index is 0.202. The topological polar surface area (TPSA) is 33.3 Å². The van der Waals surface area contributed by atoms with Crippen molar-refractivity contribution in [3.63, 3.8) is 0 Å². The maximum absolute atomic E-state index is 5.67. The molecule has 1 atom stereocenters. The second-order valence-electron chi connectivity index (χ2n) is 3.28. The molecule has 4 heteroatoms. The predicted octanol–water partition coefficient (Wildman–Crippen LogP) is 2.11. The van der Waals surface area contributed by atoms with Crippen LogP contribution in [0.2, 0.25) is 0 Å². The Kier molecular flexibility index (Phi) is 3.61. The van der Waals surface area contributed by atoms with Crippen LogP contribution >= 0.6 is 22.9 Å². The van der Waals surface area contributed by atoms with E-state index in [4.69, 9.17) is 4.74 Å². The Hall–Kier alpha value is -0.330. The fraction of sp³-hybridized carbons (Fsp3) is 0.400. The molecule has 3 nitrogen and oxygen atoms in total. The van der Waals surface area contributed by atoms with Gasteiger partial charge in [-0.25, -0.2) is 0 Å². The minimum Gasteiger partial charge on any atom is -0.371 e. The van der Waals surface area contributed by atoms with Gasteiger partial charge in [-0.05, 0) is 17.7 Å². The summed E-state index contributed by atoms with van der Waals surface area (Å²) < 4.78 is 8.77. The molecular weight excluding hydrogens is 291 g/mol. The largest absolute Gasteiger partial charge is 0.371 e. The first-order chi connectivity index (χ1) is 6.90. The molecule has 0 spiro atoms. The number of rotatable bonds is 2. The van der Waals surface area contributed by atoms with Gasteiger partial charge in [0.15, 0.2) is 0 Å². The van der Waals surface area contributed by atoms with Gasteiger partial charge >= 0.3 is 0 Å². The molecule has 1 aromatic rings. The molecule has 0 saturated carbocycles. The first-order valence-corrected chi connectivity index (χ1v) is 5.77. The van der Waals surface area contributed by atoms with Gasteiger partial charge in [-0.15, -0.1) is 0 Å². The highest BCUT2D eigenvalue weighted by Crippen LogP contribution is 2.22. The van der Waals surface area contributed by atoms with Crippen LogP contribution in [0.25, 0.3) is 0 Å². The fourth-order valence-corrected chi connectivity index (χ4v) is 1.91. The van der Waals surface area contributed by atoms with E-state index in [1.165, 1.54) is 5.56 Å². The Bertz CT molecular complexity index is 300. The van der Waals surface area contributed by atoms with Crippen molar-refractivity contribution < 1.29 is 4.74 Å². The quantitative estimate of drug-likeness (QED) is 0.648. The third-order valence-corrected chi connectivity index (χ3v) is 2.92. The van der Waals surface area contributed by atoms with E-state index in [-0.39, 0.29) is 6.10 Å². The van der Waals surface area contributed by atoms with E-state index in [1.54, 1.807) is 0 Å². The molecule has 0 aromatic heterocycles. The summed E-state index contributed by atoms with van der Waals surface area (Å²) in [7, 11) is 0. The molecule has 1 heterocycles. The van der Waals surface area contributed by atoms with Crippen molar-refractivity contribution in [2.75, 3.05) is 23.2 Å². The van der Waals surface area contributed by atoms with Crippen LogP contribution in [0.1, 0.15) is 11.7 Å². The van der Waals surface area contributed by atoms with Crippen LogP contribution in [-0.4, -0.2) is 19.7 Å². The Labute approximate surface area is 97.7 Å². The summed E-state index contributed by atoms with van der Waals surface area (Å²) in [5.41, 5.74) is 2.36. The van der Waals surface area contributed by atoms with Crippen LogP contribution in [0, 0.1) is 0 Å². The first-order valence-electron chi connectivity index (χ1n) is 4.69. The average molecular weight is 304 g/mol.